The van der Waals surface area contributed by atoms with Crippen LogP contribution in [-0.2, 0) is 4.79 Å². The number of aliphatic carboxylic acids is 1. The van der Waals surface area contributed by atoms with Crippen molar-refractivity contribution < 1.29 is 14.7 Å². The number of hydrogen-bond donors (Lipinski definition) is 3. The average Bonchev–Trinajstić information content (AvgIpc) is 2.10. The zero-order valence-electron chi connectivity index (χ0n) is 7.84. The maximum atomic E-state index is 11.0. The number of carbonyl (C=O) groups excluding carboxylic acids is 1. The van der Waals surface area contributed by atoms with Crippen LogP contribution in [0.2, 0.25) is 0 Å². The molecule has 0 heterocycles. The highest BCUT2D eigenvalue weighted by atomic mass is 35.5. The molecule has 0 aromatic heterocycles. The van der Waals surface area contributed by atoms with Gasteiger partial charge in [-0.1, -0.05) is 25.1 Å². The van der Waals surface area contributed by atoms with Crippen molar-refractivity contribution in [2.24, 2.45) is 0 Å². The van der Waals surface area contributed by atoms with E-state index in [0.717, 1.165) is 0 Å². The van der Waals surface area contributed by atoms with E-state index in [2.05, 4.69) is 17.2 Å². The molecular weight excluding hydrogens is 208 g/mol. The summed E-state index contributed by atoms with van der Waals surface area (Å²) in [4.78, 5) is 21.6. The second-order valence-corrected chi connectivity index (χ2v) is 3.18. The Morgan fingerprint density at radius 1 is 1.57 bits per heavy atom. The van der Waals surface area contributed by atoms with Gasteiger partial charge in [-0.3, -0.25) is 0 Å². The topological polar surface area (TPSA) is 78.4 Å². The molecule has 5 nitrogen and oxygen atoms in total. The van der Waals surface area contributed by atoms with Gasteiger partial charge in [-0.2, -0.15) is 0 Å². The molecule has 2 amide bonds. The lowest BCUT2D eigenvalue weighted by molar-refractivity contribution is -0.139. The Hall–Kier alpha value is -1.23. The summed E-state index contributed by atoms with van der Waals surface area (Å²) in [5.41, 5.74) is 0. The van der Waals surface area contributed by atoms with Gasteiger partial charge in [-0.25, -0.2) is 9.59 Å². The fourth-order valence-corrected chi connectivity index (χ4v) is 0.791. The lowest BCUT2D eigenvalue weighted by Gasteiger charge is -2.12. The van der Waals surface area contributed by atoms with Crippen molar-refractivity contribution in [1.29, 1.82) is 0 Å². The van der Waals surface area contributed by atoms with Crippen LogP contribution in [0, 0.1) is 0 Å². The number of amides is 2. The molecule has 0 unspecified atom stereocenters. The molecule has 6 heteroatoms. The summed E-state index contributed by atoms with van der Waals surface area (Å²) in [6.07, 6.45) is 0.324. The molecule has 0 rings (SSSR count). The molecule has 0 bridgehead atoms. The van der Waals surface area contributed by atoms with Crippen LogP contribution >= 0.6 is 11.6 Å². The highest BCUT2D eigenvalue weighted by Gasteiger charge is 2.16. The summed E-state index contributed by atoms with van der Waals surface area (Å²) < 4.78 is 0. The lowest BCUT2D eigenvalue weighted by Crippen LogP contribution is -2.45. The first-order valence-electron chi connectivity index (χ1n) is 4.07. The van der Waals surface area contributed by atoms with E-state index in [4.69, 9.17) is 16.7 Å². The van der Waals surface area contributed by atoms with Gasteiger partial charge in [0.15, 0.2) is 0 Å². The normalized spacial score (nSPS) is 11.6. The molecule has 0 aliphatic rings. The van der Waals surface area contributed by atoms with Crippen LogP contribution in [0.4, 0.5) is 4.79 Å². The molecule has 80 valence electrons. The maximum Gasteiger partial charge on any atom is 0.326 e. The fourth-order valence-electron chi connectivity index (χ4n) is 0.724. The Balaban J connectivity index is 3.91. The van der Waals surface area contributed by atoms with Crippen molar-refractivity contribution in [1.82, 2.24) is 10.6 Å². The van der Waals surface area contributed by atoms with E-state index in [0.29, 0.717) is 6.42 Å². The Kier molecular flexibility index (Phi) is 5.71. The summed E-state index contributed by atoms with van der Waals surface area (Å²) in [7, 11) is 0. The van der Waals surface area contributed by atoms with Crippen LogP contribution in [0.15, 0.2) is 11.6 Å². The van der Waals surface area contributed by atoms with E-state index in [1.54, 1.807) is 6.92 Å². The Morgan fingerprint density at radius 2 is 2.14 bits per heavy atom. The van der Waals surface area contributed by atoms with E-state index in [-0.39, 0.29) is 11.6 Å². The highest BCUT2D eigenvalue weighted by Crippen LogP contribution is 1.93. The second-order valence-electron chi connectivity index (χ2n) is 2.64. The minimum absolute atomic E-state index is 0.115. The van der Waals surface area contributed by atoms with Gasteiger partial charge >= 0.3 is 12.0 Å². The van der Waals surface area contributed by atoms with Crippen LogP contribution < -0.4 is 10.6 Å². The molecule has 1 atom stereocenters. The number of urea groups is 1. The molecule has 0 aliphatic carbocycles. The van der Waals surface area contributed by atoms with Crippen LogP contribution in [0.25, 0.3) is 0 Å². The summed E-state index contributed by atoms with van der Waals surface area (Å²) in [5.74, 6) is -1.06. The SMILES string of the molecule is C=C(Cl)CNC(=O)N[C@@H](CC)C(=O)O. The molecule has 0 aromatic rings. The molecule has 3 N–H and O–H groups in total. The van der Waals surface area contributed by atoms with Gasteiger partial charge in [0.05, 0.1) is 6.54 Å². The van der Waals surface area contributed by atoms with Crippen LogP contribution in [0.3, 0.4) is 0 Å². The predicted octanol–water partition coefficient (Wildman–Crippen LogP) is 0.901. The third kappa shape index (κ3) is 5.42. The minimum Gasteiger partial charge on any atom is -0.480 e. The molecule has 0 fully saturated rings. The number of carbonyl (C=O) groups is 2. The number of nitrogens with one attached hydrogen (secondary N) is 2. The minimum atomic E-state index is -1.06. The molecule has 0 saturated heterocycles. The summed E-state index contributed by atoms with van der Waals surface area (Å²) in [6, 6.07) is -1.44. The third-order valence-electron chi connectivity index (χ3n) is 1.45. The van der Waals surface area contributed by atoms with E-state index in [1.165, 1.54) is 0 Å². The number of rotatable bonds is 5. The van der Waals surface area contributed by atoms with Crippen molar-refractivity contribution in [2.75, 3.05) is 6.54 Å². The van der Waals surface area contributed by atoms with E-state index >= 15 is 0 Å². The van der Waals surface area contributed by atoms with Crippen molar-refractivity contribution in [3.63, 3.8) is 0 Å². The standard InChI is InChI=1S/C8H13ClN2O3/c1-3-6(7(12)13)11-8(14)10-4-5(2)9/h6H,2-4H2,1H3,(H,12,13)(H2,10,11,14)/t6-/m0/s1. The predicted molar refractivity (Wildman–Crippen MR) is 53.2 cm³/mol. The maximum absolute atomic E-state index is 11.0. The van der Waals surface area contributed by atoms with Gasteiger partial charge < -0.3 is 15.7 Å². The molecule has 0 saturated carbocycles. The van der Waals surface area contributed by atoms with Gasteiger partial charge in [0.25, 0.3) is 0 Å². The van der Waals surface area contributed by atoms with Crippen LogP contribution in [-0.4, -0.2) is 29.7 Å². The van der Waals surface area contributed by atoms with Gasteiger partial charge in [-0.05, 0) is 6.42 Å². The lowest BCUT2D eigenvalue weighted by atomic mass is 10.2. The highest BCUT2D eigenvalue weighted by molar-refractivity contribution is 6.29. The van der Waals surface area contributed by atoms with Crippen molar-refractivity contribution in [2.45, 2.75) is 19.4 Å². The number of hydrogen-bond acceptors (Lipinski definition) is 2. The Morgan fingerprint density at radius 3 is 2.50 bits per heavy atom. The molecule has 0 aromatic carbocycles. The zero-order valence-corrected chi connectivity index (χ0v) is 8.60. The molecule has 0 aliphatic heterocycles. The molecule has 0 radical (unpaired) electrons. The van der Waals surface area contributed by atoms with Crippen LogP contribution in [0.1, 0.15) is 13.3 Å². The zero-order chi connectivity index (χ0) is 11.1. The van der Waals surface area contributed by atoms with Gasteiger partial charge in [0.1, 0.15) is 6.04 Å². The number of carboxylic acid groups (broad SMARTS) is 1. The van der Waals surface area contributed by atoms with Gasteiger partial charge in [0, 0.05) is 5.03 Å². The van der Waals surface area contributed by atoms with E-state index in [1.807, 2.05) is 0 Å². The summed E-state index contributed by atoms with van der Waals surface area (Å²) in [6.45, 7) is 5.15. The fraction of sp³-hybridized carbons (Fsp3) is 0.500. The van der Waals surface area contributed by atoms with E-state index in [9.17, 15) is 9.59 Å². The average molecular weight is 221 g/mol. The van der Waals surface area contributed by atoms with Crippen LogP contribution in [0.5, 0.6) is 0 Å². The molecule has 14 heavy (non-hydrogen) atoms. The second kappa shape index (κ2) is 6.26. The smallest absolute Gasteiger partial charge is 0.326 e. The third-order valence-corrected chi connectivity index (χ3v) is 1.59. The van der Waals surface area contributed by atoms with Gasteiger partial charge in [0.2, 0.25) is 0 Å². The quantitative estimate of drug-likeness (QED) is 0.644. The number of halogens is 1. The largest absolute Gasteiger partial charge is 0.480 e. The first-order valence-corrected chi connectivity index (χ1v) is 4.45. The first-order chi connectivity index (χ1) is 6.47. The van der Waals surface area contributed by atoms with Crippen molar-refractivity contribution in [3.8, 4) is 0 Å². The number of carboxylic acids is 1. The first kappa shape index (κ1) is 12.8. The molecule has 0 spiro atoms. The van der Waals surface area contributed by atoms with Gasteiger partial charge in [-0.15, -0.1) is 0 Å². The van der Waals surface area contributed by atoms with E-state index < -0.39 is 18.0 Å². The van der Waals surface area contributed by atoms with Crippen molar-refractivity contribution in [3.05, 3.63) is 11.6 Å². The Bertz CT molecular complexity index is 243. The monoisotopic (exact) mass is 220 g/mol. The Labute approximate surface area is 87.1 Å². The summed E-state index contributed by atoms with van der Waals surface area (Å²) in [5, 5.41) is 13.5. The molecular formula is C8H13ClN2O3. The van der Waals surface area contributed by atoms with Crippen molar-refractivity contribution >= 4 is 23.6 Å². The summed E-state index contributed by atoms with van der Waals surface area (Å²) >= 11 is 5.40.